The van der Waals surface area contributed by atoms with E-state index in [1.165, 1.54) is 18.5 Å². The van der Waals surface area contributed by atoms with Gasteiger partial charge in [0.05, 0.1) is 28.1 Å². The van der Waals surface area contributed by atoms with Crippen molar-refractivity contribution in [3.63, 3.8) is 0 Å². The van der Waals surface area contributed by atoms with Crippen LogP contribution in [0, 0.1) is 5.82 Å². The highest BCUT2D eigenvalue weighted by Gasteiger charge is 2.12. The Balaban J connectivity index is 1.64. The van der Waals surface area contributed by atoms with Crippen molar-refractivity contribution in [2.24, 2.45) is 0 Å². The summed E-state index contributed by atoms with van der Waals surface area (Å²) in [5.74, 6) is -0.352. The fourth-order valence-electron chi connectivity index (χ4n) is 2.15. The molecule has 0 spiro atoms. The summed E-state index contributed by atoms with van der Waals surface area (Å²) < 4.78 is 13.6. The second kappa shape index (κ2) is 8.12. The predicted molar refractivity (Wildman–Crippen MR) is 100 cm³/mol. The Morgan fingerprint density at radius 3 is 2.58 bits per heavy atom. The van der Waals surface area contributed by atoms with E-state index < -0.39 is 5.91 Å². The first-order valence-corrected chi connectivity index (χ1v) is 8.35. The van der Waals surface area contributed by atoms with Crippen LogP contribution in [0.3, 0.4) is 0 Å². The van der Waals surface area contributed by atoms with Crippen molar-refractivity contribution in [1.82, 2.24) is 9.97 Å². The Bertz CT molecular complexity index is 935. The molecule has 3 aromatic rings. The number of anilines is 2. The first-order chi connectivity index (χ1) is 12.5. The normalized spacial score (nSPS) is 10.4. The number of nitrogens with one attached hydrogen (secondary N) is 2. The Hall–Kier alpha value is -2.70. The number of nitrogens with zero attached hydrogens (tertiary/aromatic N) is 2. The minimum absolute atomic E-state index is 0.109. The van der Waals surface area contributed by atoms with Gasteiger partial charge in [0, 0.05) is 12.1 Å². The molecule has 0 aliphatic rings. The molecule has 26 heavy (non-hydrogen) atoms. The van der Waals surface area contributed by atoms with Crippen molar-refractivity contribution in [3.8, 4) is 0 Å². The van der Waals surface area contributed by atoms with E-state index in [0.29, 0.717) is 22.1 Å². The summed E-state index contributed by atoms with van der Waals surface area (Å²) in [6.45, 7) is 0.255. The van der Waals surface area contributed by atoms with E-state index in [4.69, 9.17) is 23.2 Å². The number of amides is 1. The summed E-state index contributed by atoms with van der Waals surface area (Å²) in [5, 5.41) is 6.16. The van der Waals surface area contributed by atoms with Crippen LogP contribution in [0.15, 0.2) is 54.9 Å². The molecule has 1 amide bonds. The topological polar surface area (TPSA) is 66.9 Å². The molecule has 2 aromatic carbocycles. The third-order valence-corrected chi connectivity index (χ3v) is 4.32. The highest BCUT2D eigenvalue weighted by Crippen LogP contribution is 2.29. The van der Waals surface area contributed by atoms with Gasteiger partial charge in [-0.1, -0.05) is 47.5 Å². The lowest BCUT2D eigenvalue weighted by atomic mass is 10.2. The van der Waals surface area contributed by atoms with Gasteiger partial charge in [0.25, 0.3) is 5.91 Å². The fraction of sp³-hybridized carbons (Fsp3) is 0.0556. The summed E-state index contributed by atoms with van der Waals surface area (Å²) >= 11 is 12.0. The highest BCUT2D eigenvalue weighted by atomic mass is 35.5. The Labute approximate surface area is 159 Å². The molecule has 0 aliphatic heterocycles. The molecule has 0 atom stereocenters. The molecule has 0 saturated carbocycles. The summed E-state index contributed by atoms with van der Waals surface area (Å²) in [5.41, 5.74) is 0.997. The average molecular weight is 391 g/mol. The number of hydrogen-bond acceptors (Lipinski definition) is 4. The molecular weight excluding hydrogens is 378 g/mol. The summed E-state index contributed by atoms with van der Waals surface area (Å²) in [6.07, 6.45) is 2.72. The van der Waals surface area contributed by atoms with E-state index in [9.17, 15) is 9.18 Å². The lowest BCUT2D eigenvalue weighted by Crippen LogP contribution is -2.15. The quantitative estimate of drug-likeness (QED) is 0.657. The van der Waals surface area contributed by atoms with Gasteiger partial charge in [0.2, 0.25) is 0 Å². The number of rotatable bonds is 5. The summed E-state index contributed by atoms with van der Waals surface area (Å²) in [4.78, 5) is 20.4. The van der Waals surface area contributed by atoms with E-state index in [0.717, 1.165) is 0 Å². The smallest absolute Gasteiger partial charge is 0.275 e. The maximum atomic E-state index is 13.6. The van der Waals surface area contributed by atoms with Gasteiger partial charge in [-0.2, -0.15) is 0 Å². The Kier molecular flexibility index (Phi) is 5.65. The zero-order valence-corrected chi connectivity index (χ0v) is 14.9. The zero-order valence-electron chi connectivity index (χ0n) is 13.3. The standard InChI is InChI=1S/C18H13Cl2FN4O/c19-12-5-3-7-14(17(12)20)25-18(26)15-9-24-16(10-22-15)23-8-11-4-1-2-6-13(11)21/h1-7,9-10H,8H2,(H,23,24)(H,25,26). The first-order valence-electron chi connectivity index (χ1n) is 7.59. The molecule has 5 nitrogen and oxygen atoms in total. The largest absolute Gasteiger partial charge is 0.365 e. The van der Waals surface area contributed by atoms with Gasteiger partial charge in [0.15, 0.2) is 0 Å². The average Bonchev–Trinajstić information content (AvgIpc) is 2.65. The lowest BCUT2D eigenvalue weighted by Gasteiger charge is -2.09. The molecule has 0 bridgehead atoms. The van der Waals surface area contributed by atoms with Gasteiger partial charge in [-0.25, -0.2) is 14.4 Å². The molecule has 2 N–H and O–H groups in total. The Morgan fingerprint density at radius 1 is 1.04 bits per heavy atom. The summed E-state index contributed by atoms with van der Waals surface area (Å²) in [6, 6.07) is 11.4. The van der Waals surface area contributed by atoms with Crippen LogP contribution in [0.2, 0.25) is 10.0 Å². The number of carbonyl (C=O) groups is 1. The van der Waals surface area contributed by atoms with Gasteiger partial charge in [-0.15, -0.1) is 0 Å². The van der Waals surface area contributed by atoms with Crippen molar-refractivity contribution < 1.29 is 9.18 Å². The first kappa shape index (κ1) is 18.1. The third kappa shape index (κ3) is 4.28. The van der Waals surface area contributed by atoms with Crippen LogP contribution in [0.5, 0.6) is 0 Å². The van der Waals surface area contributed by atoms with Crippen LogP contribution in [-0.2, 0) is 6.54 Å². The lowest BCUT2D eigenvalue weighted by molar-refractivity contribution is 0.102. The van der Waals surface area contributed by atoms with Crippen molar-refractivity contribution in [2.45, 2.75) is 6.54 Å². The zero-order chi connectivity index (χ0) is 18.5. The van der Waals surface area contributed by atoms with E-state index in [-0.39, 0.29) is 23.1 Å². The molecule has 1 heterocycles. The monoisotopic (exact) mass is 390 g/mol. The maximum Gasteiger partial charge on any atom is 0.275 e. The van der Waals surface area contributed by atoms with E-state index >= 15 is 0 Å². The third-order valence-electron chi connectivity index (χ3n) is 3.50. The van der Waals surface area contributed by atoms with Gasteiger partial charge in [0.1, 0.15) is 17.3 Å². The minimum atomic E-state index is -0.470. The SMILES string of the molecule is O=C(Nc1cccc(Cl)c1Cl)c1cnc(NCc2ccccc2F)cn1. The van der Waals surface area contributed by atoms with Crippen molar-refractivity contribution in [3.05, 3.63) is 82.0 Å². The van der Waals surface area contributed by atoms with Gasteiger partial charge in [-0.05, 0) is 18.2 Å². The number of carbonyl (C=O) groups excluding carboxylic acids is 1. The molecule has 0 unspecified atom stereocenters. The molecule has 1 aromatic heterocycles. The van der Waals surface area contributed by atoms with Crippen molar-refractivity contribution >= 4 is 40.6 Å². The Morgan fingerprint density at radius 2 is 1.85 bits per heavy atom. The minimum Gasteiger partial charge on any atom is -0.365 e. The van der Waals surface area contributed by atoms with Gasteiger partial charge < -0.3 is 10.6 Å². The molecule has 0 aliphatic carbocycles. The molecular formula is C18H13Cl2FN4O. The van der Waals surface area contributed by atoms with Crippen LogP contribution < -0.4 is 10.6 Å². The van der Waals surface area contributed by atoms with E-state index in [2.05, 4.69) is 20.6 Å². The number of hydrogen-bond donors (Lipinski definition) is 2. The van der Waals surface area contributed by atoms with E-state index in [1.54, 1.807) is 36.4 Å². The summed E-state index contributed by atoms with van der Waals surface area (Å²) in [7, 11) is 0. The second-order valence-electron chi connectivity index (χ2n) is 5.29. The van der Waals surface area contributed by atoms with Crippen molar-refractivity contribution in [1.29, 1.82) is 0 Å². The molecule has 3 rings (SSSR count). The molecule has 8 heteroatoms. The molecule has 132 valence electrons. The van der Waals surface area contributed by atoms with E-state index in [1.807, 2.05) is 0 Å². The fourth-order valence-corrected chi connectivity index (χ4v) is 2.50. The van der Waals surface area contributed by atoms with Gasteiger partial charge in [-0.3, -0.25) is 4.79 Å². The maximum absolute atomic E-state index is 13.6. The predicted octanol–water partition coefficient (Wildman–Crippen LogP) is 4.79. The van der Waals surface area contributed by atoms with Crippen LogP contribution in [0.1, 0.15) is 16.1 Å². The van der Waals surface area contributed by atoms with Crippen LogP contribution in [-0.4, -0.2) is 15.9 Å². The second-order valence-corrected chi connectivity index (χ2v) is 6.07. The molecule has 0 fully saturated rings. The number of benzene rings is 2. The highest BCUT2D eigenvalue weighted by molar-refractivity contribution is 6.44. The van der Waals surface area contributed by atoms with Gasteiger partial charge >= 0.3 is 0 Å². The molecule has 0 saturated heterocycles. The van der Waals surface area contributed by atoms with Crippen LogP contribution in [0.25, 0.3) is 0 Å². The number of halogens is 3. The van der Waals surface area contributed by atoms with Crippen molar-refractivity contribution in [2.75, 3.05) is 10.6 Å². The van der Waals surface area contributed by atoms with Crippen LogP contribution in [0.4, 0.5) is 15.9 Å². The molecule has 0 radical (unpaired) electrons. The van der Waals surface area contributed by atoms with Crippen LogP contribution >= 0.6 is 23.2 Å². The number of aromatic nitrogens is 2.